The first-order valence-corrected chi connectivity index (χ1v) is 10.3. The van der Waals surface area contributed by atoms with Crippen LogP contribution in [0, 0.1) is 5.82 Å². The fourth-order valence-corrected chi connectivity index (χ4v) is 2.45. The second kappa shape index (κ2) is 13.4. The Balaban J connectivity index is 2.30. The zero-order valence-electron chi connectivity index (χ0n) is 14.9. The quantitative estimate of drug-likeness (QED) is 0.174. The van der Waals surface area contributed by atoms with E-state index >= 15 is 0 Å². The lowest BCUT2D eigenvalue weighted by Gasteiger charge is -2.11. The molecule has 0 atom stereocenters. The van der Waals surface area contributed by atoms with E-state index in [1.54, 1.807) is 12.1 Å². The number of oxime groups is 1. The number of hydrogen-bond acceptors (Lipinski definition) is 4. The van der Waals surface area contributed by atoms with Crippen molar-refractivity contribution in [2.45, 2.75) is 39.5 Å². The molecule has 0 amide bonds. The summed E-state index contributed by atoms with van der Waals surface area (Å²) >= 11 is 12.5. The van der Waals surface area contributed by atoms with Crippen LogP contribution in [0.4, 0.5) is 4.39 Å². The van der Waals surface area contributed by atoms with Crippen LogP contribution in [0.15, 0.2) is 26.8 Å². The predicted octanol–water partition coefficient (Wildman–Crippen LogP) is 6.84. The van der Waals surface area contributed by atoms with Gasteiger partial charge in [0.15, 0.2) is 11.6 Å². The van der Waals surface area contributed by atoms with Crippen molar-refractivity contribution in [2.24, 2.45) is 5.16 Å². The number of benzene rings is 1. The second-order valence-electron chi connectivity index (χ2n) is 5.66. The minimum atomic E-state index is -0.532. The molecule has 0 saturated carbocycles. The molecular formula is C18H23Br2ClFNO3. The Hall–Kier alpha value is -0.790. The molecule has 0 spiro atoms. The van der Waals surface area contributed by atoms with Gasteiger partial charge in [-0.05, 0) is 77.5 Å². The molecule has 0 radical (unpaired) electrons. The minimum absolute atomic E-state index is 0.0623. The van der Waals surface area contributed by atoms with Crippen LogP contribution in [0.3, 0.4) is 0 Å². The van der Waals surface area contributed by atoms with Crippen molar-refractivity contribution in [3.8, 4) is 11.5 Å². The topological polar surface area (TPSA) is 40.0 Å². The van der Waals surface area contributed by atoms with Crippen LogP contribution in [0.25, 0.3) is 0 Å². The van der Waals surface area contributed by atoms with Gasteiger partial charge in [0.05, 0.1) is 20.7 Å². The summed E-state index contributed by atoms with van der Waals surface area (Å²) in [5.41, 5.74) is 0.904. The van der Waals surface area contributed by atoms with Crippen molar-refractivity contribution in [3.05, 3.63) is 32.4 Å². The summed E-state index contributed by atoms with van der Waals surface area (Å²) < 4.78 is 25.8. The number of hydrogen-bond donors (Lipinski definition) is 0. The third-order valence-electron chi connectivity index (χ3n) is 3.08. The third-order valence-corrected chi connectivity index (χ3v) is 4.01. The summed E-state index contributed by atoms with van der Waals surface area (Å²) in [7, 11) is 0. The van der Waals surface area contributed by atoms with Gasteiger partial charge in [0, 0.05) is 12.1 Å². The molecule has 1 aromatic rings. The van der Waals surface area contributed by atoms with Gasteiger partial charge in [-0.2, -0.15) is 0 Å². The Bertz CT molecular complexity index is 595. The molecule has 0 unspecified atom stereocenters. The van der Waals surface area contributed by atoms with Crippen LogP contribution < -0.4 is 9.47 Å². The van der Waals surface area contributed by atoms with Crippen LogP contribution in [-0.4, -0.2) is 25.5 Å². The highest BCUT2D eigenvalue weighted by Crippen LogP contribution is 2.32. The molecule has 0 heterocycles. The van der Waals surface area contributed by atoms with Crippen LogP contribution in [0.1, 0.15) is 39.5 Å². The molecule has 1 aromatic carbocycles. The smallest absolute Gasteiger partial charge is 0.173 e. The SMILES string of the molecule is CC(C)=NOCCCCCCOc1c(F)cc(OCC=C(Br)Br)cc1Cl. The monoisotopic (exact) mass is 513 g/mol. The molecule has 8 heteroatoms. The predicted molar refractivity (Wildman–Crippen MR) is 112 cm³/mol. The van der Waals surface area contributed by atoms with Gasteiger partial charge in [-0.3, -0.25) is 0 Å². The summed E-state index contributed by atoms with van der Waals surface area (Å²) in [5, 5.41) is 4.07. The van der Waals surface area contributed by atoms with Crippen molar-refractivity contribution in [1.82, 2.24) is 0 Å². The van der Waals surface area contributed by atoms with Gasteiger partial charge in [0.1, 0.15) is 19.0 Å². The van der Waals surface area contributed by atoms with Gasteiger partial charge >= 0.3 is 0 Å². The molecule has 0 aliphatic heterocycles. The van der Waals surface area contributed by atoms with Gasteiger partial charge in [-0.25, -0.2) is 4.39 Å². The highest BCUT2D eigenvalue weighted by molar-refractivity contribution is 9.28. The van der Waals surface area contributed by atoms with Crippen LogP contribution >= 0.6 is 43.5 Å². The average Bonchev–Trinajstić information content (AvgIpc) is 2.54. The Morgan fingerprint density at radius 1 is 1.12 bits per heavy atom. The van der Waals surface area contributed by atoms with E-state index in [1.807, 2.05) is 13.8 Å². The van der Waals surface area contributed by atoms with Gasteiger partial charge in [0.2, 0.25) is 0 Å². The summed E-state index contributed by atoms with van der Waals surface area (Å²) in [6.45, 7) is 5.08. The molecule has 0 aliphatic rings. The molecule has 0 aliphatic carbocycles. The van der Waals surface area contributed by atoms with Gasteiger partial charge in [0.25, 0.3) is 0 Å². The third kappa shape index (κ3) is 10.4. The zero-order valence-corrected chi connectivity index (χ0v) is 18.8. The first-order valence-electron chi connectivity index (χ1n) is 8.29. The second-order valence-corrected chi connectivity index (χ2v) is 8.84. The van der Waals surface area contributed by atoms with Crippen molar-refractivity contribution in [1.29, 1.82) is 0 Å². The maximum Gasteiger partial charge on any atom is 0.173 e. The number of rotatable bonds is 12. The number of nitrogens with zero attached hydrogens (tertiary/aromatic N) is 1. The molecule has 1 rings (SSSR count). The van der Waals surface area contributed by atoms with Gasteiger partial charge in [-0.15, -0.1) is 0 Å². The zero-order chi connectivity index (χ0) is 19.4. The highest BCUT2D eigenvalue weighted by Gasteiger charge is 2.12. The lowest BCUT2D eigenvalue weighted by molar-refractivity contribution is 0.139. The van der Waals surface area contributed by atoms with Crippen molar-refractivity contribution >= 4 is 49.2 Å². The fourth-order valence-electron chi connectivity index (χ4n) is 1.93. The van der Waals surface area contributed by atoms with Crippen molar-refractivity contribution in [3.63, 3.8) is 0 Å². The lowest BCUT2D eigenvalue weighted by Crippen LogP contribution is -2.02. The Morgan fingerprint density at radius 2 is 1.81 bits per heavy atom. The first kappa shape index (κ1) is 23.2. The standard InChI is InChI=1S/C18H23Br2ClFNO3/c1-13(2)23-26-9-6-4-3-5-8-25-18-15(21)11-14(12-16(18)22)24-10-7-17(19)20/h7,11-12H,3-6,8-10H2,1-2H3. The largest absolute Gasteiger partial charge is 0.489 e. The van der Waals surface area contributed by atoms with E-state index in [9.17, 15) is 4.39 Å². The Kier molecular flexibility index (Phi) is 12.0. The Morgan fingerprint density at radius 3 is 2.42 bits per heavy atom. The molecule has 0 N–H and O–H groups in total. The number of unbranched alkanes of at least 4 members (excludes halogenated alkanes) is 3. The maximum absolute atomic E-state index is 14.1. The van der Waals surface area contributed by atoms with E-state index in [-0.39, 0.29) is 17.4 Å². The molecular weight excluding hydrogens is 492 g/mol. The minimum Gasteiger partial charge on any atom is -0.489 e. The van der Waals surface area contributed by atoms with Crippen LogP contribution in [0.2, 0.25) is 5.02 Å². The number of halogens is 4. The lowest BCUT2D eigenvalue weighted by atomic mass is 10.2. The van der Waals surface area contributed by atoms with E-state index in [0.29, 0.717) is 19.0 Å². The average molecular weight is 516 g/mol. The van der Waals surface area contributed by atoms with E-state index in [2.05, 4.69) is 37.0 Å². The molecule has 0 fully saturated rings. The van der Waals surface area contributed by atoms with Gasteiger partial charge in [-0.1, -0.05) is 16.8 Å². The van der Waals surface area contributed by atoms with Crippen LogP contribution in [0.5, 0.6) is 11.5 Å². The van der Waals surface area contributed by atoms with E-state index in [1.165, 1.54) is 6.07 Å². The Labute approximate surface area is 176 Å². The summed E-state index contributed by atoms with van der Waals surface area (Å²) in [4.78, 5) is 5.12. The molecule has 4 nitrogen and oxygen atoms in total. The van der Waals surface area contributed by atoms with E-state index < -0.39 is 5.82 Å². The molecule has 26 heavy (non-hydrogen) atoms. The number of ether oxygens (including phenoxy) is 2. The first-order chi connectivity index (χ1) is 12.4. The molecule has 146 valence electrons. The van der Waals surface area contributed by atoms with Crippen molar-refractivity contribution in [2.75, 3.05) is 19.8 Å². The maximum atomic E-state index is 14.1. The van der Waals surface area contributed by atoms with Gasteiger partial charge < -0.3 is 14.3 Å². The highest BCUT2D eigenvalue weighted by atomic mass is 79.9. The van der Waals surface area contributed by atoms with Crippen LogP contribution in [-0.2, 0) is 4.84 Å². The normalized spacial score (nSPS) is 10.2. The summed E-state index contributed by atoms with van der Waals surface area (Å²) in [5.74, 6) is -0.120. The molecule has 0 saturated heterocycles. The summed E-state index contributed by atoms with van der Waals surface area (Å²) in [6.07, 6.45) is 5.45. The summed E-state index contributed by atoms with van der Waals surface area (Å²) in [6, 6.07) is 2.81. The molecule has 0 bridgehead atoms. The molecule has 0 aromatic heterocycles. The van der Waals surface area contributed by atoms with Crippen molar-refractivity contribution < 1.29 is 18.7 Å². The van der Waals surface area contributed by atoms with E-state index in [0.717, 1.165) is 34.8 Å². The fraction of sp³-hybridized carbons (Fsp3) is 0.500. The van der Waals surface area contributed by atoms with E-state index in [4.69, 9.17) is 25.9 Å².